The van der Waals surface area contributed by atoms with Gasteiger partial charge in [-0.1, -0.05) is 43.2 Å². The van der Waals surface area contributed by atoms with Crippen molar-refractivity contribution in [2.75, 3.05) is 0 Å². The van der Waals surface area contributed by atoms with Crippen molar-refractivity contribution in [3.63, 3.8) is 0 Å². The van der Waals surface area contributed by atoms with Gasteiger partial charge in [-0.05, 0) is 17.9 Å². The normalized spacial score (nSPS) is 16.0. The van der Waals surface area contributed by atoms with E-state index in [1.807, 2.05) is 6.07 Å². The molecule has 0 aromatic heterocycles. The van der Waals surface area contributed by atoms with Gasteiger partial charge in [0.15, 0.2) is 6.04 Å². The number of hydrogen-bond acceptors (Lipinski definition) is 2. The fourth-order valence-corrected chi connectivity index (χ4v) is 1.91. The van der Waals surface area contributed by atoms with Crippen LogP contribution in [0, 0.1) is 5.92 Å². The summed E-state index contributed by atoms with van der Waals surface area (Å²) in [7, 11) is 0. The molecule has 0 saturated heterocycles. The quantitative estimate of drug-likeness (QED) is 0.809. The highest BCUT2D eigenvalue weighted by molar-refractivity contribution is 5.84. The monoisotopic (exact) mass is 247 g/mol. The van der Waals surface area contributed by atoms with E-state index >= 15 is 0 Å². The van der Waals surface area contributed by atoms with Crippen LogP contribution >= 0.6 is 0 Å². The Bertz CT molecular complexity index is 426. The lowest BCUT2D eigenvalue weighted by molar-refractivity contribution is -0.142. The Morgan fingerprint density at radius 3 is 2.50 bits per heavy atom. The predicted octanol–water partition coefficient (Wildman–Crippen LogP) is 2.12. The second-order valence-corrected chi connectivity index (χ2v) is 4.73. The van der Waals surface area contributed by atoms with E-state index in [0.29, 0.717) is 17.9 Å². The van der Waals surface area contributed by atoms with Crippen molar-refractivity contribution in [1.82, 2.24) is 5.32 Å². The van der Waals surface area contributed by atoms with Crippen LogP contribution in [0.15, 0.2) is 30.3 Å². The predicted molar refractivity (Wildman–Crippen MR) is 66.9 cm³/mol. The molecule has 1 amide bonds. The summed E-state index contributed by atoms with van der Waals surface area (Å²) in [5, 5.41) is 11.7. The lowest BCUT2D eigenvalue weighted by Crippen LogP contribution is -2.33. The molecule has 1 fully saturated rings. The molecule has 1 atom stereocenters. The highest BCUT2D eigenvalue weighted by atomic mass is 16.4. The Hall–Kier alpha value is -1.84. The van der Waals surface area contributed by atoms with E-state index in [-0.39, 0.29) is 5.91 Å². The molecular weight excluding hydrogens is 230 g/mol. The van der Waals surface area contributed by atoms with Crippen molar-refractivity contribution in [3.8, 4) is 0 Å². The van der Waals surface area contributed by atoms with Crippen LogP contribution in [0.3, 0.4) is 0 Å². The third kappa shape index (κ3) is 3.58. The van der Waals surface area contributed by atoms with Gasteiger partial charge in [0.1, 0.15) is 0 Å². The second kappa shape index (κ2) is 5.67. The van der Waals surface area contributed by atoms with Gasteiger partial charge in [0.05, 0.1) is 0 Å². The Balaban J connectivity index is 1.93. The van der Waals surface area contributed by atoms with Gasteiger partial charge in [0.25, 0.3) is 0 Å². The van der Waals surface area contributed by atoms with Crippen molar-refractivity contribution < 1.29 is 14.7 Å². The van der Waals surface area contributed by atoms with Gasteiger partial charge in [-0.2, -0.15) is 0 Å². The number of carbonyl (C=O) groups excluding carboxylic acids is 1. The maximum Gasteiger partial charge on any atom is 0.330 e. The SMILES string of the molecule is O=C(CCC1CC1)N[C@@H](C(=O)O)c1ccccc1. The van der Waals surface area contributed by atoms with Gasteiger partial charge in [0.2, 0.25) is 5.91 Å². The zero-order valence-electron chi connectivity index (χ0n) is 10.1. The molecule has 96 valence electrons. The average molecular weight is 247 g/mol. The summed E-state index contributed by atoms with van der Waals surface area (Å²) in [6, 6.07) is 7.82. The largest absolute Gasteiger partial charge is 0.479 e. The lowest BCUT2D eigenvalue weighted by atomic mass is 10.1. The van der Waals surface area contributed by atoms with Crippen LogP contribution in [0.25, 0.3) is 0 Å². The summed E-state index contributed by atoms with van der Waals surface area (Å²) in [6.07, 6.45) is 3.69. The minimum absolute atomic E-state index is 0.182. The van der Waals surface area contributed by atoms with Crippen LogP contribution in [0.5, 0.6) is 0 Å². The van der Waals surface area contributed by atoms with Gasteiger partial charge in [0, 0.05) is 6.42 Å². The third-order valence-electron chi connectivity index (χ3n) is 3.16. The lowest BCUT2D eigenvalue weighted by Gasteiger charge is -2.14. The van der Waals surface area contributed by atoms with Gasteiger partial charge in [-0.25, -0.2) is 4.79 Å². The number of nitrogens with one attached hydrogen (secondary N) is 1. The number of carbonyl (C=O) groups is 2. The molecule has 0 spiro atoms. The molecule has 1 aliphatic carbocycles. The van der Waals surface area contributed by atoms with Crippen LogP contribution < -0.4 is 5.32 Å². The molecule has 2 rings (SSSR count). The molecule has 0 radical (unpaired) electrons. The van der Waals surface area contributed by atoms with E-state index in [0.717, 1.165) is 6.42 Å². The van der Waals surface area contributed by atoms with Crippen LogP contribution in [-0.4, -0.2) is 17.0 Å². The van der Waals surface area contributed by atoms with Crippen LogP contribution in [0.2, 0.25) is 0 Å². The smallest absolute Gasteiger partial charge is 0.330 e. The first-order valence-electron chi connectivity index (χ1n) is 6.24. The molecule has 1 saturated carbocycles. The Kier molecular flexibility index (Phi) is 3.97. The first-order valence-corrected chi connectivity index (χ1v) is 6.24. The number of aliphatic carboxylic acids is 1. The topological polar surface area (TPSA) is 66.4 Å². The van der Waals surface area contributed by atoms with E-state index in [1.165, 1.54) is 12.8 Å². The molecule has 1 aromatic carbocycles. The molecule has 0 unspecified atom stereocenters. The number of carboxylic acid groups (broad SMARTS) is 1. The van der Waals surface area contributed by atoms with Gasteiger partial charge in [-0.3, -0.25) is 4.79 Å². The molecule has 0 aliphatic heterocycles. The standard InChI is InChI=1S/C14H17NO3/c16-12(9-8-10-6-7-10)15-13(14(17)18)11-4-2-1-3-5-11/h1-5,10,13H,6-9H2,(H,15,16)(H,17,18)/t13-/m1/s1. The van der Waals surface area contributed by atoms with Crippen molar-refractivity contribution in [1.29, 1.82) is 0 Å². The summed E-state index contributed by atoms with van der Waals surface area (Å²) >= 11 is 0. The van der Waals surface area contributed by atoms with Crippen molar-refractivity contribution in [2.24, 2.45) is 5.92 Å². The van der Waals surface area contributed by atoms with E-state index < -0.39 is 12.0 Å². The maximum atomic E-state index is 11.7. The maximum absolute atomic E-state index is 11.7. The van der Waals surface area contributed by atoms with Gasteiger partial charge >= 0.3 is 5.97 Å². The summed E-state index contributed by atoms with van der Waals surface area (Å²) in [5.74, 6) is -0.533. The molecule has 2 N–H and O–H groups in total. The zero-order valence-corrected chi connectivity index (χ0v) is 10.1. The van der Waals surface area contributed by atoms with Gasteiger partial charge < -0.3 is 10.4 Å². The molecule has 0 bridgehead atoms. The number of benzene rings is 1. The van der Waals surface area contributed by atoms with Gasteiger partial charge in [-0.15, -0.1) is 0 Å². The highest BCUT2D eigenvalue weighted by Gasteiger charge is 2.25. The molecule has 1 aliphatic rings. The van der Waals surface area contributed by atoms with E-state index in [9.17, 15) is 9.59 Å². The Morgan fingerprint density at radius 2 is 1.94 bits per heavy atom. The van der Waals surface area contributed by atoms with Crippen LogP contribution in [0.4, 0.5) is 0 Å². The zero-order chi connectivity index (χ0) is 13.0. The van der Waals surface area contributed by atoms with Crippen molar-refractivity contribution in [2.45, 2.75) is 31.7 Å². The van der Waals surface area contributed by atoms with E-state index in [2.05, 4.69) is 5.32 Å². The second-order valence-electron chi connectivity index (χ2n) is 4.73. The third-order valence-corrected chi connectivity index (χ3v) is 3.16. The molecular formula is C14H17NO3. The molecule has 4 nitrogen and oxygen atoms in total. The summed E-state index contributed by atoms with van der Waals surface area (Å²) < 4.78 is 0. The summed E-state index contributed by atoms with van der Waals surface area (Å²) in [4.78, 5) is 22.9. The fourth-order valence-electron chi connectivity index (χ4n) is 1.91. The summed E-state index contributed by atoms with van der Waals surface area (Å²) in [5.41, 5.74) is 0.602. The number of rotatable bonds is 6. The van der Waals surface area contributed by atoms with Crippen molar-refractivity contribution in [3.05, 3.63) is 35.9 Å². The minimum atomic E-state index is -1.03. The molecule has 18 heavy (non-hydrogen) atoms. The molecule has 0 heterocycles. The first kappa shape index (κ1) is 12.6. The summed E-state index contributed by atoms with van der Waals surface area (Å²) in [6.45, 7) is 0. The van der Waals surface area contributed by atoms with Crippen molar-refractivity contribution >= 4 is 11.9 Å². The van der Waals surface area contributed by atoms with E-state index in [4.69, 9.17) is 5.11 Å². The highest BCUT2D eigenvalue weighted by Crippen LogP contribution is 2.33. The average Bonchev–Trinajstić information content (AvgIpc) is 3.18. The first-order chi connectivity index (χ1) is 8.66. The van der Waals surface area contributed by atoms with Crippen LogP contribution in [0.1, 0.15) is 37.3 Å². The van der Waals surface area contributed by atoms with Crippen LogP contribution in [-0.2, 0) is 9.59 Å². The Morgan fingerprint density at radius 1 is 1.28 bits per heavy atom. The fraction of sp³-hybridized carbons (Fsp3) is 0.429. The minimum Gasteiger partial charge on any atom is -0.479 e. The van der Waals surface area contributed by atoms with E-state index in [1.54, 1.807) is 24.3 Å². The Labute approximate surface area is 106 Å². The number of amides is 1. The number of hydrogen-bond donors (Lipinski definition) is 2. The number of carboxylic acids is 1. The molecule has 4 heteroatoms. The molecule has 1 aromatic rings.